The minimum atomic E-state index is -0.262. The zero-order valence-electron chi connectivity index (χ0n) is 16.0. The number of nitrogens with one attached hydrogen (secondary N) is 1. The highest BCUT2D eigenvalue weighted by atomic mass is 16.6. The number of hydrogen-bond donors (Lipinski definition) is 1. The van der Waals surface area contributed by atoms with Crippen LogP contribution in [0, 0.1) is 12.8 Å². The van der Waals surface area contributed by atoms with Crippen LogP contribution < -0.4 is 5.32 Å². The average Bonchev–Trinajstić information content (AvgIpc) is 3.12. The van der Waals surface area contributed by atoms with Crippen molar-refractivity contribution in [3.63, 3.8) is 0 Å². The van der Waals surface area contributed by atoms with Gasteiger partial charge in [0.15, 0.2) is 0 Å². The van der Waals surface area contributed by atoms with Crippen LogP contribution in [-0.2, 0) is 18.4 Å². The molecule has 0 radical (unpaired) electrons. The van der Waals surface area contributed by atoms with Gasteiger partial charge in [-0.2, -0.15) is 0 Å². The van der Waals surface area contributed by atoms with Crippen molar-refractivity contribution in [1.82, 2.24) is 14.8 Å². The molecule has 0 atom stereocenters. The molecule has 6 heteroatoms. The summed E-state index contributed by atoms with van der Waals surface area (Å²) in [6, 6.07) is 11.6. The topological polar surface area (TPSA) is 63.6 Å². The van der Waals surface area contributed by atoms with E-state index >= 15 is 0 Å². The molecule has 1 fully saturated rings. The summed E-state index contributed by atoms with van der Waals surface area (Å²) >= 11 is 0. The minimum Gasteiger partial charge on any atom is -0.445 e. The molecule has 1 aliphatic rings. The molecular formula is C21H27N3O3. The van der Waals surface area contributed by atoms with E-state index < -0.39 is 0 Å². The lowest BCUT2D eigenvalue weighted by atomic mass is 9.97. The van der Waals surface area contributed by atoms with Crippen molar-refractivity contribution in [1.29, 1.82) is 0 Å². The third-order valence-corrected chi connectivity index (χ3v) is 5.08. The largest absolute Gasteiger partial charge is 0.445 e. The summed E-state index contributed by atoms with van der Waals surface area (Å²) in [6.07, 6.45) is 3.33. The summed E-state index contributed by atoms with van der Waals surface area (Å²) in [5, 5.41) is 3.00. The maximum Gasteiger partial charge on any atom is 0.410 e. The second-order valence-electron chi connectivity index (χ2n) is 7.18. The van der Waals surface area contributed by atoms with Crippen LogP contribution in [0.4, 0.5) is 4.79 Å². The van der Waals surface area contributed by atoms with Crippen LogP contribution >= 0.6 is 0 Å². The molecule has 6 nitrogen and oxygen atoms in total. The van der Waals surface area contributed by atoms with Crippen LogP contribution in [0.1, 0.15) is 34.5 Å². The molecule has 1 N–H and O–H groups in total. The first-order chi connectivity index (χ1) is 13.0. The third kappa shape index (κ3) is 5.12. The van der Waals surface area contributed by atoms with Gasteiger partial charge in [0.2, 0.25) is 0 Å². The highest BCUT2D eigenvalue weighted by molar-refractivity contribution is 5.92. The van der Waals surface area contributed by atoms with E-state index in [-0.39, 0.29) is 12.0 Å². The van der Waals surface area contributed by atoms with Gasteiger partial charge in [0.25, 0.3) is 5.91 Å². The first-order valence-corrected chi connectivity index (χ1v) is 9.39. The molecular weight excluding hydrogens is 342 g/mol. The Labute approximate surface area is 160 Å². The molecule has 0 aliphatic carbocycles. The van der Waals surface area contributed by atoms with E-state index in [4.69, 9.17) is 4.74 Å². The zero-order chi connectivity index (χ0) is 19.2. The first kappa shape index (κ1) is 19.0. The number of benzene rings is 1. The molecule has 0 bridgehead atoms. The predicted octanol–water partition coefficient (Wildman–Crippen LogP) is 3.11. The fourth-order valence-corrected chi connectivity index (χ4v) is 3.26. The van der Waals surface area contributed by atoms with Crippen LogP contribution in [0.2, 0.25) is 0 Å². The molecule has 0 spiro atoms. The van der Waals surface area contributed by atoms with E-state index in [1.54, 1.807) is 4.90 Å². The van der Waals surface area contributed by atoms with Crippen molar-refractivity contribution in [2.45, 2.75) is 26.4 Å². The van der Waals surface area contributed by atoms with Crippen molar-refractivity contribution in [2.24, 2.45) is 13.0 Å². The number of aryl methyl sites for hydroxylation is 2. The van der Waals surface area contributed by atoms with E-state index in [0.717, 1.165) is 18.4 Å². The molecule has 0 unspecified atom stereocenters. The maximum atomic E-state index is 12.2. The minimum absolute atomic E-state index is 0.0533. The molecule has 144 valence electrons. The summed E-state index contributed by atoms with van der Waals surface area (Å²) in [5.74, 6) is 0.331. The van der Waals surface area contributed by atoms with E-state index in [2.05, 4.69) is 5.32 Å². The monoisotopic (exact) mass is 369 g/mol. The van der Waals surface area contributed by atoms with Crippen LogP contribution in [0.25, 0.3) is 0 Å². The Morgan fingerprint density at radius 3 is 2.48 bits per heavy atom. The van der Waals surface area contributed by atoms with Crippen LogP contribution in [0.5, 0.6) is 0 Å². The number of piperidine rings is 1. The van der Waals surface area contributed by atoms with Gasteiger partial charge in [-0.1, -0.05) is 29.8 Å². The Hall–Kier alpha value is -2.76. The summed E-state index contributed by atoms with van der Waals surface area (Å²) in [6.45, 7) is 4.29. The van der Waals surface area contributed by atoms with Gasteiger partial charge in [0, 0.05) is 32.9 Å². The predicted molar refractivity (Wildman–Crippen MR) is 103 cm³/mol. The number of hydrogen-bond acceptors (Lipinski definition) is 3. The Balaban J connectivity index is 1.38. The maximum absolute atomic E-state index is 12.2. The standard InChI is InChI=1S/C21H27N3O3/c1-16-5-7-18(8-6-16)15-27-21(26)24-12-9-17(10-13-24)14-22-20(25)19-4-3-11-23(19)2/h3-8,11,17H,9-10,12-15H2,1-2H3,(H,22,25). The van der Waals surface area contributed by atoms with E-state index in [9.17, 15) is 9.59 Å². The highest BCUT2D eigenvalue weighted by Gasteiger charge is 2.24. The second kappa shape index (κ2) is 8.75. The van der Waals surface area contributed by atoms with E-state index in [0.29, 0.717) is 37.9 Å². The van der Waals surface area contributed by atoms with Crippen molar-refractivity contribution >= 4 is 12.0 Å². The Bertz CT molecular complexity index is 774. The van der Waals surface area contributed by atoms with Gasteiger partial charge in [-0.15, -0.1) is 0 Å². The average molecular weight is 369 g/mol. The van der Waals surface area contributed by atoms with Crippen molar-refractivity contribution in [3.05, 3.63) is 59.4 Å². The van der Waals surface area contributed by atoms with Gasteiger partial charge in [-0.05, 0) is 43.4 Å². The van der Waals surface area contributed by atoms with E-state index in [1.807, 2.05) is 61.1 Å². The molecule has 2 amide bonds. The van der Waals surface area contributed by atoms with Crippen LogP contribution in [0.15, 0.2) is 42.6 Å². The van der Waals surface area contributed by atoms with Gasteiger partial charge in [0.05, 0.1) is 0 Å². The molecule has 0 saturated carbocycles. The summed E-state index contributed by atoms with van der Waals surface area (Å²) in [7, 11) is 1.86. The van der Waals surface area contributed by atoms with Crippen LogP contribution in [0.3, 0.4) is 0 Å². The first-order valence-electron chi connectivity index (χ1n) is 9.39. The van der Waals surface area contributed by atoms with Gasteiger partial charge in [-0.25, -0.2) is 4.79 Å². The normalized spacial score (nSPS) is 14.8. The number of aromatic nitrogens is 1. The number of likely N-dealkylation sites (tertiary alicyclic amines) is 1. The highest BCUT2D eigenvalue weighted by Crippen LogP contribution is 2.18. The smallest absolute Gasteiger partial charge is 0.410 e. The lowest BCUT2D eigenvalue weighted by Gasteiger charge is -2.31. The fraction of sp³-hybridized carbons (Fsp3) is 0.429. The van der Waals surface area contributed by atoms with Gasteiger partial charge >= 0.3 is 6.09 Å². The Morgan fingerprint density at radius 1 is 1.15 bits per heavy atom. The molecule has 1 aromatic carbocycles. The number of carbonyl (C=O) groups excluding carboxylic acids is 2. The zero-order valence-corrected chi connectivity index (χ0v) is 16.0. The van der Waals surface area contributed by atoms with Crippen molar-refractivity contribution in [3.8, 4) is 0 Å². The second-order valence-corrected chi connectivity index (χ2v) is 7.18. The molecule has 1 aliphatic heterocycles. The summed E-state index contributed by atoms with van der Waals surface area (Å²) < 4.78 is 7.23. The molecule has 1 aromatic heterocycles. The lowest BCUT2D eigenvalue weighted by Crippen LogP contribution is -2.41. The Morgan fingerprint density at radius 2 is 1.85 bits per heavy atom. The fourth-order valence-electron chi connectivity index (χ4n) is 3.26. The SMILES string of the molecule is Cc1ccc(COC(=O)N2CCC(CNC(=O)c3cccn3C)CC2)cc1. The Kier molecular flexibility index (Phi) is 6.16. The molecule has 1 saturated heterocycles. The summed E-state index contributed by atoms with van der Waals surface area (Å²) in [4.78, 5) is 26.2. The molecule has 2 heterocycles. The molecule has 27 heavy (non-hydrogen) atoms. The number of nitrogens with zero attached hydrogens (tertiary/aromatic N) is 2. The number of carbonyl (C=O) groups is 2. The number of rotatable bonds is 5. The molecule has 3 rings (SSSR count). The van der Waals surface area contributed by atoms with Gasteiger partial charge in [0.1, 0.15) is 12.3 Å². The van der Waals surface area contributed by atoms with Gasteiger partial charge < -0.3 is 19.5 Å². The summed E-state index contributed by atoms with van der Waals surface area (Å²) in [5.41, 5.74) is 2.84. The quantitative estimate of drug-likeness (QED) is 0.881. The number of ether oxygens (including phenoxy) is 1. The van der Waals surface area contributed by atoms with Crippen LogP contribution in [-0.4, -0.2) is 41.1 Å². The van der Waals surface area contributed by atoms with Crippen molar-refractivity contribution < 1.29 is 14.3 Å². The van der Waals surface area contributed by atoms with Gasteiger partial charge in [-0.3, -0.25) is 4.79 Å². The third-order valence-electron chi connectivity index (χ3n) is 5.08. The lowest BCUT2D eigenvalue weighted by molar-refractivity contribution is 0.0799. The number of amides is 2. The van der Waals surface area contributed by atoms with E-state index in [1.165, 1.54) is 5.56 Å². The van der Waals surface area contributed by atoms with Crippen molar-refractivity contribution in [2.75, 3.05) is 19.6 Å². The molecule has 2 aromatic rings.